The Kier molecular flexibility index (Phi) is 8.02. The number of fused-ring (bicyclic) bond motifs is 1. The number of anilines is 1. The van der Waals surface area contributed by atoms with Crippen LogP contribution in [0, 0.1) is 6.92 Å². The van der Waals surface area contributed by atoms with E-state index in [4.69, 9.17) is 4.74 Å². The maximum atomic E-state index is 13.5. The van der Waals surface area contributed by atoms with Gasteiger partial charge in [0, 0.05) is 35.9 Å². The van der Waals surface area contributed by atoms with Crippen molar-refractivity contribution in [1.29, 1.82) is 0 Å². The second kappa shape index (κ2) is 10.7. The Bertz CT molecular complexity index is 1590. The summed E-state index contributed by atoms with van der Waals surface area (Å²) in [5.41, 5.74) is -0.899. The molecule has 0 radical (unpaired) electrons. The number of allylic oxidation sites excluding steroid dienone is 6. The van der Waals surface area contributed by atoms with Crippen molar-refractivity contribution in [2.75, 3.05) is 25.2 Å². The van der Waals surface area contributed by atoms with Crippen LogP contribution in [0.1, 0.15) is 55.5 Å². The van der Waals surface area contributed by atoms with Gasteiger partial charge >= 0.3 is 12.4 Å². The minimum atomic E-state index is -4.54. The molecule has 0 bridgehead atoms. The zero-order valence-electron chi connectivity index (χ0n) is 24.7. The molecule has 1 N–H and O–H groups in total. The largest absolute Gasteiger partial charge is 0.506 e. The number of ketones is 1. The predicted molar refractivity (Wildman–Crippen MR) is 153 cm³/mol. The summed E-state index contributed by atoms with van der Waals surface area (Å²) in [6, 6.07) is 6.93. The number of methoxy groups -OCH3 is 1. The maximum Gasteiger partial charge on any atom is 0.416 e. The van der Waals surface area contributed by atoms with Crippen LogP contribution >= 0.6 is 0 Å². The first kappa shape index (κ1) is 32.1. The normalized spacial score (nSPS) is 18.9. The van der Waals surface area contributed by atoms with Crippen LogP contribution in [0.3, 0.4) is 0 Å². The number of nitrogens with zero attached hydrogens (tertiary/aromatic N) is 1. The summed E-state index contributed by atoms with van der Waals surface area (Å²) < 4.78 is 86.0. The van der Waals surface area contributed by atoms with Crippen molar-refractivity contribution in [3.8, 4) is 0 Å². The van der Waals surface area contributed by atoms with Gasteiger partial charge in [-0.25, -0.2) is 0 Å². The fourth-order valence-electron chi connectivity index (χ4n) is 5.58. The van der Waals surface area contributed by atoms with E-state index in [0.29, 0.717) is 33.6 Å². The maximum absolute atomic E-state index is 13.5. The highest BCUT2D eigenvalue weighted by Gasteiger charge is 2.44. The van der Waals surface area contributed by atoms with Crippen molar-refractivity contribution in [1.82, 2.24) is 0 Å². The summed E-state index contributed by atoms with van der Waals surface area (Å²) in [6.07, 6.45) is -6.23. The van der Waals surface area contributed by atoms with E-state index in [2.05, 4.69) is 6.58 Å². The zero-order chi connectivity index (χ0) is 32.3. The van der Waals surface area contributed by atoms with Gasteiger partial charge in [0.2, 0.25) is 5.78 Å². The molecule has 0 aromatic heterocycles. The van der Waals surface area contributed by atoms with E-state index >= 15 is 0 Å². The fraction of sp³-hybridized carbons (Fsp3) is 0.364. The van der Waals surface area contributed by atoms with Crippen LogP contribution in [-0.2, 0) is 32.7 Å². The fourth-order valence-corrected chi connectivity index (χ4v) is 5.58. The predicted octanol–water partition coefficient (Wildman–Crippen LogP) is 8.52. The van der Waals surface area contributed by atoms with Gasteiger partial charge in [-0.15, -0.1) is 0 Å². The molecule has 4 rings (SSSR count). The van der Waals surface area contributed by atoms with E-state index in [9.17, 15) is 36.2 Å². The lowest BCUT2D eigenvalue weighted by molar-refractivity contribution is -0.138. The van der Waals surface area contributed by atoms with Gasteiger partial charge in [0.05, 0.1) is 28.9 Å². The SMILES string of the molecule is C=C(/C=C1/C(=O)C(/C=C2\N(CCOC)c3ccc(C(F)(F)F)cc3C2(C)C)=C1O)C(C)(C)c1cc(C(F)(F)F)ccc1C. The van der Waals surface area contributed by atoms with E-state index in [1.165, 1.54) is 31.4 Å². The molecule has 2 aromatic carbocycles. The summed E-state index contributed by atoms with van der Waals surface area (Å²) >= 11 is 0. The summed E-state index contributed by atoms with van der Waals surface area (Å²) in [5.74, 6) is -0.846. The van der Waals surface area contributed by atoms with Gasteiger partial charge in [-0.2, -0.15) is 26.3 Å². The van der Waals surface area contributed by atoms with Crippen LogP contribution in [0.4, 0.5) is 32.0 Å². The Morgan fingerprint density at radius 1 is 1.02 bits per heavy atom. The molecule has 230 valence electrons. The zero-order valence-corrected chi connectivity index (χ0v) is 24.7. The number of carbonyl (C=O) groups excluding carboxylic acids is 1. The molecule has 0 saturated carbocycles. The van der Waals surface area contributed by atoms with E-state index < -0.39 is 40.1 Å². The molecule has 0 fully saturated rings. The van der Waals surface area contributed by atoms with Crippen molar-refractivity contribution < 1.29 is 41.0 Å². The topological polar surface area (TPSA) is 49.8 Å². The molecule has 1 aliphatic carbocycles. The van der Waals surface area contributed by atoms with Crippen LogP contribution < -0.4 is 4.90 Å². The molecule has 1 heterocycles. The Labute approximate surface area is 246 Å². The Morgan fingerprint density at radius 2 is 1.60 bits per heavy atom. The lowest BCUT2D eigenvalue weighted by Gasteiger charge is -2.31. The minimum Gasteiger partial charge on any atom is -0.506 e. The summed E-state index contributed by atoms with van der Waals surface area (Å²) in [5, 5.41) is 11.0. The third kappa shape index (κ3) is 5.64. The number of halogens is 6. The number of benzene rings is 2. The first-order valence-electron chi connectivity index (χ1n) is 13.5. The van der Waals surface area contributed by atoms with Gasteiger partial charge in [-0.3, -0.25) is 4.79 Å². The number of alkyl halides is 6. The molecule has 0 saturated heterocycles. The first-order valence-corrected chi connectivity index (χ1v) is 13.5. The molecule has 2 aliphatic rings. The lowest BCUT2D eigenvalue weighted by Crippen LogP contribution is -2.31. The molecular weight excluding hydrogens is 572 g/mol. The third-order valence-electron chi connectivity index (χ3n) is 8.38. The number of ether oxygens (including phenoxy) is 1. The second-order valence-corrected chi connectivity index (χ2v) is 11.9. The van der Waals surface area contributed by atoms with Gasteiger partial charge in [0.15, 0.2) is 0 Å². The lowest BCUT2D eigenvalue weighted by atomic mass is 9.73. The first-order chi connectivity index (χ1) is 19.7. The van der Waals surface area contributed by atoms with Gasteiger partial charge in [-0.1, -0.05) is 40.3 Å². The van der Waals surface area contributed by atoms with Crippen molar-refractivity contribution in [3.05, 3.63) is 111 Å². The number of aliphatic hydroxyl groups excluding tert-OH is 1. The third-order valence-corrected chi connectivity index (χ3v) is 8.38. The Morgan fingerprint density at radius 3 is 2.16 bits per heavy atom. The van der Waals surface area contributed by atoms with E-state index in [0.717, 1.165) is 24.3 Å². The standard InChI is InChI=1S/C33H33F6NO3/c1-18-8-9-20(32(34,35)36)15-24(18)30(3,4)19(2)14-22-28(41)23(29(22)42)17-27-31(5,6)25-16-21(33(37,38)39)10-11-26(25)40(27)12-13-43-7/h8-11,14-17,41H,2,12-13H2,1,3-7H3/b22-14+,27-17-. The van der Waals surface area contributed by atoms with Crippen LogP contribution in [0.2, 0.25) is 0 Å². The molecule has 1 aliphatic heterocycles. The highest BCUT2D eigenvalue weighted by molar-refractivity contribution is 6.21. The summed E-state index contributed by atoms with van der Waals surface area (Å²) in [4.78, 5) is 15.1. The van der Waals surface area contributed by atoms with Crippen molar-refractivity contribution in [2.24, 2.45) is 0 Å². The van der Waals surface area contributed by atoms with E-state index in [1.54, 1.807) is 39.5 Å². The highest BCUT2D eigenvalue weighted by atomic mass is 19.4. The number of aliphatic hydroxyl groups is 1. The highest BCUT2D eigenvalue weighted by Crippen LogP contribution is 2.50. The van der Waals surface area contributed by atoms with Gasteiger partial charge in [0.1, 0.15) is 5.76 Å². The molecule has 0 spiro atoms. The Hall–Kier alpha value is -3.79. The monoisotopic (exact) mass is 605 g/mol. The number of rotatable bonds is 7. The van der Waals surface area contributed by atoms with E-state index in [-0.39, 0.29) is 30.1 Å². The molecule has 10 heteroatoms. The molecule has 2 aromatic rings. The average Bonchev–Trinajstić information content (AvgIpc) is 3.12. The Balaban J connectivity index is 1.73. The van der Waals surface area contributed by atoms with Gasteiger partial charge in [0.25, 0.3) is 0 Å². The van der Waals surface area contributed by atoms with Gasteiger partial charge in [-0.05, 0) is 71.7 Å². The van der Waals surface area contributed by atoms with Crippen molar-refractivity contribution in [2.45, 2.75) is 57.8 Å². The smallest absolute Gasteiger partial charge is 0.416 e. The molecule has 43 heavy (non-hydrogen) atoms. The van der Waals surface area contributed by atoms with Crippen LogP contribution in [0.5, 0.6) is 0 Å². The van der Waals surface area contributed by atoms with Crippen LogP contribution in [-0.4, -0.2) is 31.2 Å². The molecular formula is C33H33F6NO3. The van der Waals surface area contributed by atoms with Crippen LogP contribution in [0.25, 0.3) is 0 Å². The van der Waals surface area contributed by atoms with Gasteiger partial charge < -0.3 is 14.7 Å². The number of hydrogen-bond donors (Lipinski definition) is 1. The molecule has 0 amide bonds. The molecule has 0 unspecified atom stereocenters. The summed E-state index contributed by atoms with van der Waals surface area (Å²) in [6.45, 7) is 13.1. The van der Waals surface area contributed by atoms with Crippen molar-refractivity contribution in [3.63, 3.8) is 0 Å². The second-order valence-electron chi connectivity index (χ2n) is 11.9. The minimum absolute atomic E-state index is 0.0264. The average molecular weight is 606 g/mol. The van der Waals surface area contributed by atoms with E-state index in [1.807, 2.05) is 0 Å². The quantitative estimate of drug-likeness (QED) is 0.254. The number of Topliss-reactive ketones (excluding diaryl/α,β-unsaturated/α-hetero) is 1. The van der Waals surface area contributed by atoms with Crippen molar-refractivity contribution >= 4 is 11.5 Å². The molecule has 0 atom stereocenters. The molecule has 4 nitrogen and oxygen atoms in total. The van der Waals surface area contributed by atoms with Crippen LogP contribution in [0.15, 0.2) is 83.3 Å². The number of aryl methyl sites for hydroxylation is 1. The number of hydrogen-bond acceptors (Lipinski definition) is 4. The summed E-state index contributed by atoms with van der Waals surface area (Å²) in [7, 11) is 1.49. The number of carbonyl (C=O) groups is 1.